The van der Waals surface area contributed by atoms with Gasteiger partial charge in [-0.05, 0) is 67.1 Å². The smallest absolute Gasteiger partial charge is 0.265 e. The molecule has 0 atom stereocenters. The maximum Gasteiger partial charge on any atom is 0.265 e. The molecule has 3 aromatic rings. The Morgan fingerprint density at radius 1 is 0.943 bits per heavy atom. The number of ether oxygens (including phenoxy) is 4. The Bertz CT molecular complexity index is 1310. The van der Waals surface area contributed by atoms with E-state index in [1.807, 2.05) is 6.92 Å². The van der Waals surface area contributed by atoms with Crippen molar-refractivity contribution in [3.63, 3.8) is 0 Å². The number of carbonyl (C=O) groups is 1. The van der Waals surface area contributed by atoms with Gasteiger partial charge in [0.15, 0.2) is 11.5 Å². The normalized spacial score (nSPS) is 12.5. The maximum atomic E-state index is 13.1. The molecule has 0 saturated carbocycles. The lowest BCUT2D eigenvalue weighted by Gasteiger charge is -2.18. The lowest BCUT2D eigenvalue weighted by Crippen LogP contribution is -2.18. The number of hydrogen-bond acceptors (Lipinski definition) is 7. The van der Waals surface area contributed by atoms with Crippen LogP contribution in [0.15, 0.2) is 65.6 Å². The molecule has 1 amide bonds. The number of benzene rings is 3. The maximum absolute atomic E-state index is 13.1. The van der Waals surface area contributed by atoms with E-state index < -0.39 is 10.0 Å². The molecule has 2 N–H and O–H groups in total. The summed E-state index contributed by atoms with van der Waals surface area (Å²) in [6, 6.07) is 16.3. The number of hydrogen-bond donors (Lipinski definition) is 2. The van der Waals surface area contributed by atoms with Gasteiger partial charge in [0.05, 0.1) is 20.1 Å². The van der Waals surface area contributed by atoms with E-state index in [4.69, 9.17) is 18.9 Å². The van der Waals surface area contributed by atoms with Crippen molar-refractivity contribution in [3.05, 3.63) is 66.2 Å². The van der Waals surface area contributed by atoms with Crippen molar-refractivity contribution in [1.82, 2.24) is 0 Å². The largest absolute Gasteiger partial charge is 0.495 e. The highest BCUT2D eigenvalue weighted by molar-refractivity contribution is 7.92. The molecule has 0 aromatic heterocycles. The SMILES string of the molecule is CCOc1ccc(NS(=O)(=O)c2cc(NC(=O)Cc3ccc4c(c3)OCCO4)ccc2OC)cc1. The second kappa shape index (κ2) is 10.6. The number of carbonyl (C=O) groups excluding carboxylic acids is 1. The average molecular weight is 499 g/mol. The summed E-state index contributed by atoms with van der Waals surface area (Å²) in [6.45, 7) is 3.32. The van der Waals surface area contributed by atoms with Crippen molar-refractivity contribution in [3.8, 4) is 23.0 Å². The monoisotopic (exact) mass is 498 g/mol. The van der Waals surface area contributed by atoms with Crippen LogP contribution < -0.4 is 29.0 Å². The van der Waals surface area contributed by atoms with Crippen molar-refractivity contribution >= 4 is 27.3 Å². The lowest BCUT2D eigenvalue weighted by atomic mass is 10.1. The first-order valence-electron chi connectivity index (χ1n) is 11.0. The molecule has 0 unspecified atom stereocenters. The minimum Gasteiger partial charge on any atom is -0.495 e. The van der Waals surface area contributed by atoms with Crippen LogP contribution in [0.5, 0.6) is 23.0 Å². The van der Waals surface area contributed by atoms with Gasteiger partial charge in [-0.1, -0.05) is 6.07 Å². The molecular weight excluding hydrogens is 472 g/mol. The van der Waals surface area contributed by atoms with Gasteiger partial charge in [-0.15, -0.1) is 0 Å². The van der Waals surface area contributed by atoms with Gasteiger partial charge in [0.25, 0.3) is 10.0 Å². The molecule has 0 spiro atoms. The molecule has 0 bridgehead atoms. The zero-order chi connectivity index (χ0) is 24.8. The number of fused-ring (bicyclic) bond motifs is 1. The van der Waals surface area contributed by atoms with E-state index in [9.17, 15) is 13.2 Å². The van der Waals surface area contributed by atoms with Gasteiger partial charge in [0.2, 0.25) is 5.91 Å². The van der Waals surface area contributed by atoms with Gasteiger partial charge in [-0.25, -0.2) is 8.42 Å². The van der Waals surface area contributed by atoms with E-state index in [0.29, 0.717) is 48.4 Å². The highest BCUT2D eigenvalue weighted by Crippen LogP contribution is 2.32. The fourth-order valence-corrected chi connectivity index (χ4v) is 4.80. The fourth-order valence-electron chi connectivity index (χ4n) is 3.55. The van der Waals surface area contributed by atoms with Crippen LogP contribution in [0.25, 0.3) is 0 Å². The van der Waals surface area contributed by atoms with Gasteiger partial charge in [0.1, 0.15) is 29.6 Å². The Balaban J connectivity index is 1.49. The van der Waals surface area contributed by atoms with E-state index in [0.717, 1.165) is 5.56 Å². The van der Waals surface area contributed by atoms with Crippen LogP contribution in [0.1, 0.15) is 12.5 Å². The van der Waals surface area contributed by atoms with E-state index in [2.05, 4.69) is 10.0 Å². The lowest BCUT2D eigenvalue weighted by molar-refractivity contribution is -0.115. The molecule has 0 fully saturated rings. The molecule has 4 rings (SSSR count). The number of nitrogens with one attached hydrogen (secondary N) is 2. The number of methoxy groups -OCH3 is 1. The van der Waals surface area contributed by atoms with E-state index in [1.54, 1.807) is 48.5 Å². The summed E-state index contributed by atoms with van der Waals surface area (Å²) in [7, 11) is -2.63. The molecule has 1 aliphatic rings. The van der Waals surface area contributed by atoms with Gasteiger partial charge in [-0.3, -0.25) is 9.52 Å². The minimum absolute atomic E-state index is 0.0786. The topological polar surface area (TPSA) is 112 Å². The standard InChI is InChI=1S/C25H26N2O7S/c1-3-32-20-8-5-18(6-9-20)27-35(29,30)24-16-19(7-11-22(24)31-2)26-25(28)15-17-4-10-21-23(14-17)34-13-12-33-21/h4-11,14,16,27H,3,12-13,15H2,1-2H3,(H,26,28). The van der Waals surface area contributed by atoms with Crippen LogP contribution >= 0.6 is 0 Å². The van der Waals surface area contributed by atoms with Crippen LogP contribution in [0.3, 0.4) is 0 Å². The van der Waals surface area contributed by atoms with E-state index >= 15 is 0 Å². The quantitative estimate of drug-likeness (QED) is 0.461. The van der Waals surface area contributed by atoms with Crippen LogP contribution in [0.4, 0.5) is 11.4 Å². The molecule has 9 nitrogen and oxygen atoms in total. The highest BCUT2D eigenvalue weighted by Gasteiger charge is 2.21. The molecule has 35 heavy (non-hydrogen) atoms. The summed E-state index contributed by atoms with van der Waals surface area (Å²) < 4.78 is 50.4. The third kappa shape index (κ3) is 5.96. The summed E-state index contributed by atoms with van der Waals surface area (Å²) in [5, 5.41) is 2.74. The fraction of sp³-hybridized carbons (Fsp3) is 0.240. The van der Waals surface area contributed by atoms with E-state index in [-0.39, 0.29) is 23.0 Å². The van der Waals surface area contributed by atoms with Crippen LogP contribution in [0, 0.1) is 0 Å². The van der Waals surface area contributed by atoms with Crippen molar-refractivity contribution in [2.24, 2.45) is 0 Å². The molecule has 0 saturated heterocycles. The Morgan fingerprint density at radius 2 is 1.66 bits per heavy atom. The summed E-state index contributed by atoms with van der Waals surface area (Å²) >= 11 is 0. The zero-order valence-corrected chi connectivity index (χ0v) is 20.2. The second-order valence-electron chi connectivity index (χ2n) is 7.63. The minimum atomic E-state index is -4.01. The third-order valence-corrected chi connectivity index (χ3v) is 6.53. The Morgan fingerprint density at radius 3 is 2.37 bits per heavy atom. The molecule has 0 radical (unpaired) electrons. The van der Waals surface area contributed by atoms with Crippen molar-refractivity contribution < 1.29 is 32.2 Å². The second-order valence-corrected chi connectivity index (χ2v) is 9.28. The van der Waals surface area contributed by atoms with Gasteiger partial charge < -0.3 is 24.3 Å². The van der Waals surface area contributed by atoms with Crippen LogP contribution in [0.2, 0.25) is 0 Å². The first-order chi connectivity index (χ1) is 16.9. The predicted octanol–water partition coefficient (Wildman–Crippen LogP) is 3.85. The van der Waals surface area contributed by atoms with Gasteiger partial charge in [0, 0.05) is 11.4 Å². The number of anilines is 2. The third-order valence-electron chi connectivity index (χ3n) is 5.13. The number of amides is 1. The predicted molar refractivity (Wildman–Crippen MR) is 131 cm³/mol. The van der Waals surface area contributed by atoms with Crippen LogP contribution in [-0.2, 0) is 21.2 Å². The molecular formula is C25H26N2O7S. The van der Waals surface area contributed by atoms with Gasteiger partial charge in [-0.2, -0.15) is 0 Å². The Labute approximate surface area is 204 Å². The molecule has 1 heterocycles. The first-order valence-corrected chi connectivity index (χ1v) is 12.5. The van der Waals surface area contributed by atoms with Crippen LogP contribution in [-0.4, -0.2) is 41.3 Å². The van der Waals surface area contributed by atoms with Crippen molar-refractivity contribution in [2.45, 2.75) is 18.2 Å². The molecule has 184 valence electrons. The molecule has 1 aliphatic heterocycles. The summed E-state index contributed by atoms with van der Waals surface area (Å²) in [5.74, 6) is 1.71. The molecule has 3 aromatic carbocycles. The number of rotatable bonds is 9. The highest BCUT2D eigenvalue weighted by atomic mass is 32.2. The first kappa shape index (κ1) is 24.2. The zero-order valence-electron chi connectivity index (χ0n) is 19.4. The molecule has 0 aliphatic carbocycles. The molecule has 10 heteroatoms. The Kier molecular flexibility index (Phi) is 7.31. The van der Waals surface area contributed by atoms with Crippen molar-refractivity contribution in [2.75, 3.05) is 37.0 Å². The summed E-state index contributed by atoms with van der Waals surface area (Å²) in [5.41, 5.74) is 1.43. The summed E-state index contributed by atoms with van der Waals surface area (Å²) in [6.07, 6.45) is 0.0786. The summed E-state index contributed by atoms with van der Waals surface area (Å²) in [4.78, 5) is 12.5. The average Bonchev–Trinajstić information content (AvgIpc) is 2.85. The van der Waals surface area contributed by atoms with E-state index in [1.165, 1.54) is 19.2 Å². The van der Waals surface area contributed by atoms with Gasteiger partial charge >= 0.3 is 0 Å². The Hall–Kier alpha value is -3.92. The van der Waals surface area contributed by atoms with Crippen molar-refractivity contribution in [1.29, 1.82) is 0 Å². The number of sulfonamides is 1.